The van der Waals surface area contributed by atoms with Gasteiger partial charge in [0.1, 0.15) is 11.6 Å². The summed E-state index contributed by atoms with van der Waals surface area (Å²) >= 11 is 0. The number of carbonyl (C=O) groups is 1. The molecule has 2 heterocycles. The lowest BCUT2D eigenvalue weighted by molar-refractivity contribution is -0.137. The van der Waals surface area contributed by atoms with Gasteiger partial charge in [0.15, 0.2) is 0 Å². The number of nitrogens with zero attached hydrogens (tertiary/aromatic N) is 5. The van der Waals surface area contributed by atoms with Gasteiger partial charge < -0.3 is 20.1 Å². The quantitative estimate of drug-likeness (QED) is 0.179. The minimum absolute atomic E-state index is 0.220. The summed E-state index contributed by atoms with van der Waals surface area (Å²) in [6, 6.07) is 10.9. The van der Waals surface area contributed by atoms with Crippen LogP contribution in [0.4, 0.5) is 15.8 Å². The molecular formula is C30H37FN6O3. The van der Waals surface area contributed by atoms with Gasteiger partial charge in [0, 0.05) is 67.4 Å². The van der Waals surface area contributed by atoms with E-state index in [1.807, 2.05) is 40.0 Å². The number of aryl methyl sites for hydroxylation is 1. The molecule has 0 atom stereocenters. The van der Waals surface area contributed by atoms with E-state index in [1.54, 1.807) is 12.4 Å². The van der Waals surface area contributed by atoms with Crippen LogP contribution in [0.15, 0.2) is 55.0 Å². The third-order valence-electron chi connectivity index (χ3n) is 6.59. The first-order chi connectivity index (χ1) is 19.3. The van der Waals surface area contributed by atoms with Crippen molar-refractivity contribution < 1.29 is 19.0 Å². The van der Waals surface area contributed by atoms with Gasteiger partial charge in [0.2, 0.25) is 0 Å². The average Bonchev–Trinajstić information content (AvgIpc) is 3.40. The zero-order valence-corrected chi connectivity index (χ0v) is 23.3. The maximum absolute atomic E-state index is 14.4. The van der Waals surface area contributed by atoms with Crippen LogP contribution in [-0.4, -0.2) is 57.1 Å². The van der Waals surface area contributed by atoms with Gasteiger partial charge in [0.05, 0.1) is 36.2 Å². The number of fused-ring (bicyclic) bond motifs is 1. The third-order valence-corrected chi connectivity index (χ3v) is 6.59. The van der Waals surface area contributed by atoms with Gasteiger partial charge in [-0.3, -0.25) is 14.5 Å². The van der Waals surface area contributed by atoms with E-state index in [1.165, 1.54) is 19.2 Å². The number of ether oxygens (including phenoxy) is 1. The minimum Gasteiger partial charge on any atom is -0.497 e. The summed E-state index contributed by atoms with van der Waals surface area (Å²) < 4.78 is 21.6. The van der Waals surface area contributed by atoms with Crippen molar-refractivity contribution in [1.29, 1.82) is 0 Å². The highest BCUT2D eigenvalue weighted by atomic mass is 19.1. The van der Waals surface area contributed by atoms with Gasteiger partial charge in [0.25, 0.3) is 0 Å². The number of anilines is 2. The number of rotatable bonds is 15. The zero-order valence-electron chi connectivity index (χ0n) is 23.3. The van der Waals surface area contributed by atoms with Gasteiger partial charge >= 0.3 is 5.97 Å². The first-order valence-electron chi connectivity index (χ1n) is 13.7. The van der Waals surface area contributed by atoms with Gasteiger partial charge in [-0.2, -0.15) is 5.10 Å². The average molecular weight is 549 g/mol. The van der Waals surface area contributed by atoms with E-state index >= 15 is 0 Å². The molecule has 0 saturated carbocycles. The first kappa shape index (κ1) is 28.9. The number of halogens is 1. The van der Waals surface area contributed by atoms with Crippen molar-refractivity contribution in [2.24, 2.45) is 0 Å². The molecule has 40 heavy (non-hydrogen) atoms. The van der Waals surface area contributed by atoms with Crippen molar-refractivity contribution in [1.82, 2.24) is 25.1 Å². The second-order valence-corrected chi connectivity index (χ2v) is 10.1. The normalized spacial score (nSPS) is 11.3. The highest BCUT2D eigenvalue weighted by Gasteiger charge is 2.15. The Morgan fingerprint density at radius 2 is 1.90 bits per heavy atom. The highest BCUT2D eigenvalue weighted by Crippen LogP contribution is 2.31. The van der Waals surface area contributed by atoms with E-state index in [0.29, 0.717) is 37.0 Å². The third kappa shape index (κ3) is 7.98. The van der Waals surface area contributed by atoms with E-state index in [2.05, 4.69) is 29.2 Å². The van der Waals surface area contributed by atoms with Crippen molar-refractivity contribution in [2.75, 3.05) is 25.1 Å². The molecule has 4 rings (SSSR count). The summed E-state index contributed by atoms with van der Waals surface area (Å²) in [6.07, 6.45) is 9.20. The van der Waals surface area contributed by atoms with Crippen LogP contribution in [0.25, 0.3) is 22.3 Å². The molecule has 212 valence electrons. The SMILES string of the molecule is COc1cc(F)cc(N(CCNC(C)C)c2ccc3ncc(-c4cnn(CCCCCCC(=O)O)c4)nc3c2)c1. The number of methoxy groups -OCH3 is 1. The first-order valence-corrected chi connectivity index (χ1v) is 13.7. The fourth-order valence-electron chi connectivity index (χ4n) is 4.52. The monoisotopic (exact) mass is 548 g/mol. The Balaban J connectivity index is 1.53. The lowest BCUT2D eigenvalue weighted by Gasteiger charge is -2.26. The lowest BCUT2D eigenvalue weighted by atomic mass is 10.1. The smallest absolute Gasteiger partial charge is 0.303 e. The van der Waals surface area contributed by atoms with Gasteiger partial charge in [-0.15, -0.1) is 0 Å². The molecule has 4 aromatic rings. The van der Waals surface area contributed by atoms with Crippen molar-refractivity contribution in [3.8, 4) is 17.0 Å². The lowest BCUT2D eigenvalue weighted by Crippen LogP contribution is -2.32. The number of unbranched alkanes of at least 4 members (excludes halogenated alkanes) is 3. The number of nitrogens with one attached hydrogen (secondary N) is 1. The molecule has 0 aliphatic heterocycles. The molecule has 0 aliphatic carbocycles. The number of aliphatic carboxylic acids is 1. The van der Waals surface area contributed by atoms with Gasteiger partial charge in [-0.25, -0.2) is 9.37 Å². The summed E-state index contributed by atoms with van der Waals surface area (Å²) in [7, 11) is 1.53. The van der Waals surface area contributed by atoms with Crippen LogP contribution in [0.5, 0.6) is 5.75 Å². The predicted octanol–water partition coefficient (Wildman–Crippen LogP) is 5.81. The van der Waals surface area contributed by atoms with E-state index in [9.17, 15) is 9.18 Å². The number of aromatic nitrogens is 4. The maximum Gasteiger partial charge on any atom is 0.303 e. The molecule has 0 aliphatic rings. The fourth-order valence-corrected chi connectivity index (χ4v) is 4.52. The predicted molar refractivity (Wildman–Crippen MR) is 155 cm³/mol. The highest BCUT2D eigenvalue weighted by molar-refractivity contribution is 5.82. The molecule has 0 bridgehead atoms. The van der Waals surface area contributed by atoms with Crippen LogP contribution in [0, 0.1) is 5.82 Å². The summed E-state index contributed by atoms with van der Waals surface area (Å²) in [6.45, 7) is 6.26. The molecular weight excluding hydrogens is 511 g/mol. The Kier molecular flexibility index (Phi) is 10.0. The summed E-state index contributed by atoms with van der Waals surface area (Å²) in [5.74, 6) is -0.654. The Labute approximate surface area is 234 Å². The van der Waals surface area contributed by atoms with Crippen LogP contribution in [0.3, 0.4) is 0 Å². The van der Waals surface area contributed by atoms with E-state index < -0.39 is 5.97 Å². The molecule has 0 fully saturated rings. The van der Waals surface area contributed by atoms with Crippen LogP contribution in [0.1, 0.15) is 46.0 Å². The molecule has 0 amide bonds. The number of hydrogen-bond donors (Lipinski definition) is 2. The van der Waals surface area contributed by atoms with Crippen molar-refractivity contribution in [3.63, 3.8) is 0 Å². The van der Waals surface area contributed by atoms with Crippen LogP contribution >= 0.6 is 0 Å². The van der Waals surface area contributed by atoms with Gasteiger partial charge in [-0.1, -0.05) is 26.7 Å². The minimum atomic E-state index is -0.745. The van der Waals surface area contributed by atoms with Crippen LogP contribution in [-0.2, 0) is 11.3 Å². The van der Waals surface area contributed by atoms with E-state index in [4.69, 9.17) is 14.8 Å². The fraction of sp³-hybridized carbons (Fsp3) is 0.400. The molecule has 0 spiro atoms. The van der Waals surface area contributed by atoms with Crippen molar-refractivity contribution in [2.45, 2.75) is 58.5 Å². The topological polar surface area (TPSA) is 105 Å². The summed E-state index contributed by atoms with van der Waals surface area (Å²) in [5.41, 5.74) is 4.65. The second-order valence-electron chi connectivity index (χ2n) is 10.1. The number of hydrogen-bond acceptors (Lipinski definition) is 7. The van der Waals surface area contributed by atoms with E-state index in [-0.39, 0.29) is 12.2 Å². The van der Waals surface area contributed by atoms with Crippen molar-refractivity contribution >= 4 is 28.4 Å². The molecule has 0 unspecified atom stereocenters. The second kappa shape index (κ2) is 13.8. The molecule has 10 heteroatoms. The van der Waals surface area contributed by atoms with Crippen molar-refractivity contribution in [3.05, 3.63) is 60.8 Å². The Morgan fingerprint density at radius 1 is 1.07 bits per heavy atom. The standard InChI is InChI=1S/C30H37FN6O3/c1-21(2)32-11-13-37(25-14-23(31)15-26(16-25)40-3)24-9-10-27-28(17-24)35-29(19-33-27)22-18-34-36(20-22)12-7-5-4-6-8-30(38)39/h9-10,14-21,32H,4-8,11-13H2,1-3H3,(H,38,39). The molecule has 0 radical (unpaired) electrons. The number of benzene rings is 2. The maximum atomic E-state index is 14.4. The Morgan fingerprint density at radius 3 is 2.67 bits per heavy atom. The van der Waals surface area contributed by atoms with Crippen LogP contribution in [0.2, 0.25) is 0 Å². The molecule has 2 aromatic carbocycles. The summed E-state index contributed by atoms with van der Waals surface area (Å²) in [4.78, 5) is 22.2. The largest absolute Gasteiger partial charge is 0.497 e. The van der Waals surface area contributed by atoms with E-state index in [0.717, 1.165) is 53.8 Å². The molecule has 9 nitrogen and oxygen atoms in total. The Hall–Kier alpha value is -4.05. The number of carboxylic acids is 1. The zero-order chi connectivity index (χ0) is 28.5. The number of carboxylic acid groups (broad SMARTS) is 1. The Bertz CT molecular complexity index is 1420. The summed E-state index contributed by atoms with van der Waals surface area (Å²) in [5, 5.41) is 16.7. The van der Waals surface area contributed by atoms with Gasteiger partial charge in [-0.05, 0) is 37.1 Å². The molecule has 2 aromatic heterocycles. The van der Waals surface area contributed by atoms with Crippen LogP contribution < -0.4 is 15.0 Å². The molecule has 2 N–H and O–H groups in total. The molecule has 0 saturated heterocycles.